The minimum atomic E-state index is -3.53. The molecule has 0 saturated carbocycles. The predicted molar refractivity (Wildman–Crippen MR) is 88.1 cm³/mol. The van der Waals surface area contributed by atoms with Crippen LogP contribution < -0.4 is 4.72 Å². The Morgan fingerprint density at radius 3 is 2.55 bits per heavy atom. The van der Waals surface area contributed by atoms with Crippen LogP contribution in [0.4, 0.5) is 0 Å². The second-order valence-corrected chi connectivity index (χ2v) is 8.76. The SMILES string of the molecule is CC(C)(CCCCl)CNS(=O)(=O)c1ccc(Cl)c(Br)c1. The highest BCUT2D eigenvalue weighted by Crippen LogP contribution is 2.26. The van der Waals surface area contributed by atoms with Gasteiger partial charge in [-0.2, -0.15) is 0 Å². The van der Waals surface area contributed by atoms with Crippen LogP contribution in [-0.4, -0.2) is 20.8 Å². The zero-order valence-corrected chi connectivity index (χ0v) is 15.3. The van der Waals surface area contributed by atoms with Crippen LogP contribution in [0.3, 0.4) is 0 Å². The molecule has 0 amide bonds. The highest BCUT2D eigenvalue weighted by molar-refractivity contribution is 9.10. The molecule has 1 aromatic rings. The van der Waals surface area contributed by atoms with Gasteiger partial charge in [-0.3, -0.25) is 0 Å². The van der Waals surface area contributed by atoms with Crippen molar-refractivity contribution in [2.75, 3.05) is 12.4 Å². The van der Waals surface area contributed by atoms with E-state index in [0.717, 1.165) is 12.8 Å². The zero-order valence-electron chi connectivity index (χ0n) is 11.4. The summed E-state index contributed by atoms with van der Waals surface area (Å²) in [5.74, 6) is 0.584. The normalized spacial score (nSPS) is 12.7. The van der Waals surface area contributed by atoms with E-state index in [9.17, 15) is 8.42 Å². The smallest absolute Gasteiger partial charge is 0.211 e. The number of benzene rings is 1. The number of hydrogen-bond acceptors (Lipinski definition) is 2. The van der Waals surface area contributed by atoms with E-state index in [4.69, 9.17) is 23.2 Å². The number of hydrogen-bond donors (Lipinski definition) is 1. The lowest BCUT2D eigenvalue weighted by molar-refractivity contribution is 0.331. The molecule has 1 rings (SSSR count). The number of nitrogens with one attached hydrogen (secondary N) is 1. The highest BCUT2D eigenvalue weighted by Gasteiger charge is 2.22. The lowest BCUT2D eigenvalue weighted by Crippen LogP contribution is -2.34. The summed E-state index contributed by atoms with van der Waals surface area (Å²) in [6.07, 6.45) is 1.73. The van der Waals surface area contributed by atoms with Crippen molar-refractivity contribution in [2.24, 2.45) is 5.41 Å². The Bertz CT molecular complexity index is 561. The minimum absolute atomic E-state index is 0.133. The van der Waals surface area contributed by atoms with E-state index >= 15 is 0 Å². The molecule has 0 saturated heterocycles. The Morgan fingerprint density at radius 2 is 2.00 bits per heavy atom. The molecule has 0 spiro atoms. The average Bonchev–Trinajstić information content (AvgIpc) is 2.37. The van der Waals surface area contributed by atoms with Gasteiger partial charge in [-0.25, -0.2) is 13.1 Å². The summed E-state index contributed by atoms with van der Waals surface area (Å²) in [4.78, 5) is 0.196. The van der Waals surface area contributed by atoms with Crippen LogP contribution in [0.25, 0.3) is 0 Å². The highest BCUT2D eigenvalue weighted by atomic mass is 79.9. The first kappa shape index (κ1) is 18.2. The third kappa shape index (κ3) is 5.53. The van der Waals surface area contributed by atoms with Gasteiger partial charge >= 0.3 is 0 Å². The van der Waals surface area contributed by atoms with Crippen LogP contribution in [0.2, 0.25) is 5.02 Å². The molecule has 114 valence electrons. The molecule has 0 radical (unpaired) electrons. The molecule has 0 aromatic heterocycles. The second-order valence-electron chi connectivity index (χ2n) is 5.36. The van der Waals surface area contributed by atoms with Crippen LogP contribution in [0.15, 0.2) is 27.6 Å². The van der Waals surface area contributed by atoms with E-state index in [1.807, 2.05) is 13.8 Å². The second kappa shape index (κ2) is 7.45. The third-order valence-electron chi connectivity index (χ3n) is 2.93. The fraction of sp³-hybridized carbons (Fsp3) is 0.538. The van der Waals surface area contributed by atoms with Crippen molar-refractivity contribution in [3.05, 3.63) is 27.7 Å². The topological polar surface area (TPSA) is 46.2 Å². The molecule has 0 bridgehead atoms. The van der Waals surface area contributed by atoms with Crippen LogP contribution in [0.1, 0.15) is 26.7 Å². The largest absolute Gasteiger partial charge is 0.240 e. The minimum Gasteiger partial charge on any atom is -0.211 e. The molecule has 0 aliphatic carbocycles. The molecule has 0 fully saturated rings. The first-order chi connectivity index (χ1) is 9.18. The van der Waals surface area contributed by atoms with Gasteiger partial charge in [-0.1, -0.05) is 25.4 Å². The predicted octanol–water partition coefficient (Wildman–Crippen LogP) is 4.43. The fourth-order valence-electron chi connectivity index (χ4n) is 1.65. The number of alkyl halides is 1. The van der Waals surface area contributed by atoms with Crippen LogP contribution >= 0.6 is 39.1 Å². The van der Waals surface area contributed by atoms with E-state index in [1.54, 1.807) is 6.07 Å². The summed E-state index contributed by atoms with van der Waals surface area (Å²) in [6, 6.07) is 4.54. The first-order valence-corrected chi connectivity index (χ1v) is 9.37. The molecule has 0 aliphatic rings. The first-order valence-electron chi connectivity index (χ1n) is 6.19. The van der Waals surface area contributed by atoms with Gasteiger partial charge in [0.2, 0.25) is 10.0 Å². The maximum atomic E-state index is 12.2. The Hall–Kier alpha value is 0.190. The Kier molecular flexibility index (Phi) is 6.80. The summed E-state index contributed by atoms with van der Waals surface area (Å²) in [6.45, 7) is 4.40. The van der Waals surface area contributed by atoms with Gasteiger partial charge < -0.3 is 0 Å². The van der Waals surface area contributed by atoms with E-state index in [2.05, 4.69) is 20.7 Å². The van der Waals surface area contributed by atoms with Crippen molar-refractivity contribution in [3.8, 4) is 0 Å². The van der Waals surface area contributed by atoms with Gasteiger partial charge in [-0.05, 0) is 52.4 Å². The van der Waals surface area contributed by atoms with Gasteiger partial charge in [0.15, 0.2) is 0 Å². The van der Waals surface area contributed by atoms with Crippen molar-refractivity contribution in [1.29, 1.82) is 0 Å². The third-order valence-corrected chi connectivity index (χ3v) is 5.81. The van der Waals surface area contributed by atoms with E-state index in [0.29, 0.717) is 21.9 Å². The molecule has 0 atom stereocenters. The summed E-state index contributed by atoms with van der Waals surface area (Å²) in [5.41, 5.74) is -0.133. The molecule has 1 aromatic carbocycles. The van der Waals surface area contributed by atoms with Crippen molar-refractivity contribution in [1.82, 2.24) is 4.72 Å². The molecular formula is C13H18BrCl2NO2S. The lowest BCUT2D eigenvalue weighted by Gasteiger charge is -2.24. The maximum absolute atomic E-state index is 12.2. The molecule has 20 heavy (non-hydrogen) atoms. The van der Waals surface area contributed by atoms with E-state index < -0.39 is 10.0 Å². The molecule has 1 N–H and O–H groups in total. The fourth-order valence-corrected chi connectivity index (χ4v) is 3.70. The van der Waals surface area contributed by atoms with Crippen molar-refractivity contribution in [2.45, 2.75) is 31.6 Å². The molecule has 0 unspecified atom stereocenters. The van der Waals surface area contributed by atoms with Gasteiger partial charge in [0.25, 0.3) is 0 Å². The van der Waals surface area contributed by atoms with E-state index in [-0.39, 0.29) is 10.3 Å². The molecule has 7 heteroatoms. The number of sulfonamides is 1. The van der Waals surface area contributed by atoms with Crippen molar-refractivity contribution >= 4 is 49.2 Å². The molecule has 3 nitrogen and oxygen atoms in total. The average molecular weight is 403 g/mol. The van der Waals surface area contributed by atoms with Gasteiger partial charge in [0.1, 0.15) is 0 Å². The standard InChI is InChI=1S/C13H18BrCl2NO2S/c1-13(2,6-3-7-15)9-17-20(18,19)10-4-5-12(16)11(14)8-10/h4-5,8,17H,3,6-7,9H2,1-2H3. The Balaban J connectivity index is 2.77. The van der Waals surface area contributed by atoms with E-state index in [1.165, 1.54) is 12.1 Å². The van der Waals surface area contributed by atoms with Crippen LogP contribution in [0, 0.1) is 5.41 Å². The summed E-state index contributed by atoms with van der Waals surface area (Å²) < 4.78 is 27.6. The quantitative estimate of drug-likeness (QED) is 0.685. The Morgan fingerprint density at radius 1 is 1.35 bits per heavy atom. The van der Waals surface area contributed by atoms with Crippen LogP contribution in [0.5, 0.6) is 0 Å². The lowest BCUT2D eigenvalue weighted by atomic mass is 9.88. The van der Waals surface area contributed by atoms with Gasteiger partial charge in [0.05, 0.1) is 9.92 Å². The van der Waals surface area contributed by atoms with Gasteiger partial charge in [-0.15, -0.1) is 11.6 Å². The maximum Gasteiger partial charge on any atom is 0.240 e. The molecular weight excluding hydrogens is 385 g/mol. The van der Waals surface area contributed by atoms with Crippen LogP contribution in [-0.2, 0) is 10.0 Å². The van der Waals surface area contributed by atoms with Crippen molar-refractivity contribution < 1.29 is 8.42 Å². The van der Waals surface area contributed by atoms with Crippen molar-refractivity contribution in [3.63, 3.8) is 0 Å². The summed E-state index contributed by atoms with van der Waals surface area (Å²) in [7, 11) is -3.53. The number of halogens is 3. The molecule has 0 heterocycles. The zero-order chi connectivity index (χ0) is 15.4. The number of rotatable bonds is 7. The Labute approximate surface area is 139 Å². The molecule has 0 aliphatic heterocycles. The van der Waals surface area contributed by atoms with Gasteiger partial charge in [0, 0.05) is 16.9 Å². The summed E-state index contributed by atoms with van der Waals surface area (Å²) >= 11 is 14.8. The monoisotopic (exact) mass is 401 g/mol. The summed E-state index contributed by atoms with van der Waals surface area (Å²) in [5, 5.41) is 0.478.